The van der Waals surface area contributed by atoms with E-state index in [0.29, 0.717) is 0 Å². The van der Waals surface area contributed by atoms with Crippen LogP contribution in [0.1, 0.15) is 71.9 Å². The van der Waals surface area contributed by atoms with Gasteiger partial charge in [0.1, 0.15) is 0 Å². The molecule has 0 saturated carbocycles. The Kier molecular flexibility index (Phi) is 5.02. The summed E-state index contributed by atoms with van der Waals surface area (Å²) in [5.41, 5.74) is 9.61. The van der Waals surface area contributed by atoms with Gasteiger partial charge in [-0.3, -0.25) is 0 Å². The molecule has 4 rings (SSSR count). The Labute approximate surface area is 147 Å². The average Bonchev–Trinajstić information content (AvgIpc) is 2.60. The van der Waals surface area contributed by atoms with Crippen LogP contribution in [0.25, 0.3) is 0 Å². The average molecular weight is 319 g/mol. The fourth-order valence-electron chi connectivity index (χ4n) is 4.53. The molecule has 24 heavy (non-hydrogen) atoms. The first-order valence-electron chi connectivity index (χ1n) is 10.1. The van der Waals surface area contributed by atoms with Gasteiger partial charge in [0.15, 0.2) is 0 Å². The van der Waals surface area contributed by atoms with Gasteiger partial charge in [-0.05, 0) is 110 Å². The van der Waals surface area contributed by atoms with Gasteiger partial charge in [-0.25, -0.2) is 0 Å². The van der Waals surface area contributed by atoms with Crippen molar-refractivity contribution in [2.75, 3.05) is 0 Å². The molecule has 0 amide bonds. The van der Waals surface area contributed by atoms with E-state index in [0.717, 1.165) is 0 Å². The Morgan fingerprint density at radius 1 is 0.375 bits per heavy atom. The van der Waals surface area contributed by atoms with E-state index in [-0.39, 0.29) is 0 Å². The second-order valence-electron chi connectivity index (χ2n) is 7.88. The zero-order valence-corrected chi connectivity index (χ0v) is 14.9. The Morgan fingerprint density at radius 2 is 0.833 bits per heavy atom. The predicted octanol–water partition coefficient (Wildman–Crippen LogP) is 6.01. The molecule has 2 aromatic carbocycles. The lowest BCUT2D eigenvalue weighted by Crippen LogP contribution is -1.99. The SMILES string of the molecule is c1cc2c3cc1CCCCc1cc(cc(c1)CCCC3)CCCC2. The van der Waals surface area contributed by atoms with Gasteiger partial charge >= 0.3 is 0 Å². The quantitative estimate of drug-likeness (QED) is 0.558. The van der Waals surface area contributed by atoms with Gasteiger partial charge in [-0.15, -0.1) is 0 Å². The van der Waals surface area contributed by atoms with Crippen LogP contribution in [0, 0.1) is 0 Å². The molecule has 2 aromatic rings. The first-order valence-corrected chi connectivity index (χ1v) is 10.1. The third-order valence-electron chi connectivity index (χ3n) is 5.89. The smallest absolute Gasteiger partial charge is 0.0276 e. The summed E-state index contributed by atoms with van der Waals surface area (Å²) in [4.78, 5) is 0. The van der Waals surface area contributed by atoms with E-state index in [4.69, 9.17) is 0 Å². The molecule has 0 unspecified atom stereocenters. The van der Waals surface area contributed by atoms with Gasteiger partial charge in [0, 0.05) is 0 Å². The lowest BCUT2D eigenvalue weighted by molar-refractivity contribution is 0.708. The Hall–Kier alpha value is -1.56. The van der Waals surface area contributed by atoms with Crippen molar-refractivity contribution in [2.24, 2.45) is 0 Å². The third-order valence-corrected chi connectivity index (χ3v) is 5.89. The van der Waals surface area contributed by atoms with E-state index in [1.165, 1.54) is 77.0 Å². The molecule has 2 aliphatic carbocycles. The van der Waals surface area contributed by atoms with E-state index in [1.54, 1.807) is 33.4 Å². The van der Waals surface area contributed by atoms with Crippen LogP contribution >= 0.6 is 0 Å². The zero-order valence-electron chi connectivity index (χ0n) is 14.9. The van der Waals surface area contributed by atoms with Crippen molar-refractivity contribution < 1.29 is 0 Å². The number of rotatable bonds is 0. The van der Waals surface area contributed by atoms with E-state index in [2.05, 4.69) is 36.4 Å². The van der Waals surface area contributed by atoms with Crippen molar-refractivity contribution in [3.63, 3.8) is 0 Å². The minimum atomic E-state index is 1.25. The molecule has 126 valence electrons. The first kappa shape index (κ1) is 15.9. The molecule has 0 spiro atoms. The van der Waals surface area contributed by atoms with Gasteiger partial charge in [0.05, 0.1) is 0 Å². The highest BCUT2D eigenvalue weighted by Crippen LogP contribution is 2.23. The second-order valence-corrected chi connectivity index (χ2v) is 7.88. The van der Waals surface area contributed by atoms with Gasteiger partial charge in [-0.2, -0.15) is 0 Å². The Balaban J connectivity index is 1.71. The monoisotopic (exact) mass is 318 g/mol. The molecule has 0 heterocycles. The molecule has 0 aromatic heterocycles. The van der Waals surface area contributed by atoms with Crippen LogP contribution in [0.15, 0.2) is 36.4 Å². The lowest BCUT2D eigenvalue weighted by atomic mass is 9.93. The van der Waals surface area contributed by atoms with Gasteiger partial charge in [0.2, 0.25) is 0 Å². The van der Waals surface area contributed by atoms with Gasteiger partial charge < -0.3 is 0 Å². The molecule has 0 radical (unpaired) electrons. The van der Waals surface area contributed by atoms with Crippen molar-refractivity contribution in [3.8, 4) is 0 Å². The van der Waals surface area contributed by atoms with Crippen molar-refractivity contribution in [3.05, 3.63) is 69.8 Å². The molecule has 0 atom stereocenters. The fourth-order valence-corrected chi connectivity index (χ4v) is 4.53. The minimum Gasteiger partial charge on any atom is -0.0588 e. The van der Waals surface area contributed by atoms with Crippen LogP contribution in [-0.4, -0.2) is 0 Å². The molecular formula is C24H30. The van der Waals surface area contributed by atoms with E-state index < -0.39 is 0 Å². The zero-order chi connectivity index (χ0) is 16.2. The number of hydrogen-bond acceptors (Lipinski definition) is 0. The second kappa shape index (κ2) is 7.55. The summed E-state index contributed by atoms with van der Waals surface area (Å²) in [5, 5.41) is 0. The number of aryl methyl sites for hydroxylation is 6. The fraction of sp³-hybridized carbons (Fsp3) is 0.500. The molecule has 0 heteroatoms. The first-order chi connectivity index (χ1) is 11.9. The summed E-state index contributed by atoms with van der Waals surface area (Å²) in [5.74, 6) is 0. The Morgan fingerprint density at radius 3 is 1.42 bits per heavy atom. The van der Waals surface area contributed by atoms with Crippen LogP contribution < -0.4 is 0 Å². The van der Waals surface area contributed by atoms with Gasteiger partial charge in [0.25, 0.3) is 0 Å². The summed E-state index contributed by atoms with van der Waals surface area (Å²) in [7, 11) is 0. The summed E-state index contributed by atoms with van der Waals surface area (Å²) >= 11 is 0. The molecule has 2 aliphatic rings. The lowest BCUT2D eigenvalue weighted by Gasteiger charge is -2.13. The normalized spacial score (nSPS) is 18.5. The molecule has 0 nitrogen and oxygen atoms in total. The maximum absolute atomic E-state index is 2.54. The molecule has 0 aliphatic heterocycles. The molecule has 5 bridgehead atoms. The summed E-state index contributed by atoms with van der Waals surface area (Å²) < 4.78 is 0. The van der Waals surface area contributed by atoms with Crippen molar-refractivity contribution in [1.82, 2.24) is 0 Å². The summed E-state index contributed by atoms with van der Waals surface area (Å²) in [6, 6.07) is 14.9. The predicted molar refractivity (Wildman–Crippen MR) is 103 cm³/mol. The van der Waals surface area contributed by atoms with Crippen molar-refractivity contribution in [1.29, 1.82) is 0 Å². The topological polar surface area (TPSA) is 0 Å². The largest absolute Gasteiger partial charge is 0.0588 e. The van der Waals surface area contributed by atoms with Crippen LogP contribution in [0.4, 0.5) is 0 Å². The van der Waals surface area contributed by atoms with E-state index in [9.17, 15) is 0 Å². The van der Waals surface area contributed by atoms with Crippen LogP contribution in [0.5, 0.6) is 0 Å². The molecule has 0 N–H and O–H groups in total. The molecular weight excluding hydrogens is 288 g/mol. The Bertz CT molecular complexity index is 694. The van der Waals surface area contributed by atoms with Crippen LogP contribution in [0.3, 0.4) is 0 Å². The highest BCUT2D eigenvalue weighted by molar-refractivity contribution is 5.34. The highest BCUT2D eigenvalue weighted by atomic mass is 14.1. The van der Waals surface area contributed by atoms with E-state index >= 15 is 0 Å². The number of hydrogen-bond donors (Lipinski definition) is 0. The van der Waals surface area contributed by atoms with Crippen LogP contribution in [-0.2, 0) is 38.5 Å². The summed E-state index contributed by atoms with van der Waals surface area (Å²) in [6.45, 7) is 0. The standard InChI is InChI=1S/C24H30/c1-2-8-20-15-21-9-3-5-11-23-14-13-19(7-1)18-24(23)12-6-4-10-22(16-20)17-21/h13-18H,1-12H2. The van der Waals surface area contributed by atoms with E-state index in [1.807, 2.05) is 0 Å². The molecule has 0 fully saturated rings. The summed E-state index contributed by atoms with van der Waals surface area (Å²) in [6.07, 6.45) is 15.5. The van der Waals surface area contributed by atoms with Gasteiger partial charge in [-0.1, -0.05) is 36.4 Å². The number of fused-ring (bicyclic) bond motifs is 6. The number of benzene rings is 2. The maximum atomic E-state index is 2.54. The maximum Gasteiger partial charge on any atom is -0.0276 e. The highest BCUT2D eigenvalue weighted by Gasteiger charge is 2.09. The van der Waals surface area contributed by atoms with Crippen molar-refractivity contribution >= 4 is 0 Å². The van der Waals surface area contributed by atoms with Crippen LogP contribution in [0.2, 0.25) is 0 Å². The third kappa shape index (κ3) is 3.91. The molecule has 0 saturated heterocycles. The van der Waals surface area contributed by atoms with Crippen molar-refractivity contribution in [2.45, 2.75) is 77.0 Å². The minimum absolute atomic E-state index is 1.25.